The van der Waals surface area contributed by atoms with Crippen molar-refractivity contribution in [3.8, 4) is 11.5 Å². The molecule has 2 bridgehead atoms. The fourth-order valence-electron chi connectivity index (χ4n) is 11.4. The number of ether oxygens (including phenoxy) is 3. The van der Waals surface area contributed by atoms with Gasteiger partial charge < -0.3 is 50.6 Å². The lowest BCUT2D eigenvalue weighted by Gasteiger charge is -2.49. The maximum Gasteiger partial charge on any atom is 0.332 e. The van der Waals surface area contributed by atoms with Crippen molar-refractivity contribution in [2.24, 2.45) is 29.1 Å². The lowest BCUT2D eigenvalue weighted by atomic mass is 9.66. The zero-order valence-electron chi connectivity index (χ0n) is 36.2. The Bertz CT molecular complexity index is 1740. The number of carbonyl (C=O) groups is 3. The van der Waals surface area contributed by atoms with Crippen LogP contribution in [0.2, 0.25) is 0 Å². The van der Waals surface area contributed by atoms with Crippen molar-refractivity contribution in [2.45, 2.75) is 151 Å². The number of likely N-dealkylation sites (N-methyl/N-ethyl adjacent to an activating group) is 1. The first-order valence-corrected chi connectivity index (χ1v) is 25.2. The minimum Gasteiger partial charge on any atom is -0.504 e. The molecule has 0 aromatic heterocycles. The van der Waals surface area contributed by atoms with Crippen LogP contribution in [0.25, 0.3) is 0 Å². The number of fused-ring (bicyclic) bond motifs is 10. The van der Waals surface area contributed by atoms with Gasteiger partial charge in [0.1, 0.15) is 17.7 Å². The maximum absolute atomic E-state index is 15.2. The van der Waals surface area contributed by atoms with E-state index in [0.29, 0.717) is 102 Å². The van der Waals surface area contributed by atoms with E-state index in [9.17, 15) is 30.0 Å². The number of piperidine rings is 2. The lowest BCUT2D eigenvalue weighted by Crippen LogP contribution is -2.65. The first-order chi connectivity index (χ1) is 29.3. The maximum atomic E-state index is 15.2. The Hall–Kier alpha value is -2.53. The number of aromatic hydroxyl groups is 1. The second-order valence-corrected chi connectivity index (χ2v) is 21.8. The van der Waals surface area contributed by atoms with Gasteiger partial charge in [0.25, 0.3) is 0 Å². The van der Waals surface area contributed by atoms with Crippen LogP contribution >= 0.6 is 21.6 Å². The van der Waals surface area contributed by atoms with Gasteiger partial charge in [-0.25, -0.2) is 4.79 Å². The van der Waals surface area contributed by atoms with Crippen molar-refractivity contribution in [2.75, 3.05) is 39.1 Å². The Labute approximate surface area is 369 Å². The SMILES string of the molecule is CN[C@@H]1[C@H](O)[C@H]2C=C[C@H]1SSC[C@@](C)(O)CC[C@@H]([C@H](C[C@@H](OC(=O)[C@]13CCCC[C@H]1CCC(=O)N3)C1(Cc3ccc(O)c4c3C[C@@H](CCO)CO4)CCNCC1)OC(C)=O)C2. The number of rotatable bonds is 12. The average molecular weight is 888 g/mol. The number of phenolic OH excluding ortho intramolecular Hbond substituents is 1. The minimum absolute atomic E-state index is 0.000912. The Morgan fingerprint density at radius 2 is 1.89 bits per heavy atom. The number of hydrogen-bond acceptors (Lipinski definition) is 14. The van der Waals surface area contributed by atoms with Crippen LogP contribution in [-0.2, 0) is 36.7 Å². The highest BCUT2D eigenvalue weighted by Gasteiger charge is 2.54. The Kier molecular flexibility index (Phi) is 15.3. The largest absolute Gasteiger partial charge is 0.504 e. The van der Waals surface area contributed by atoms with E-state index in [0.717, 1.165) is 30.4 Å². The van der Waals surface area contributed by atoms with Crippen molar-refractivity contribution in [3.63, 3.8) is 0 Å². The number of phenols is 1. The minimum atomic E-state index is -1.14. The molecule has 1 amide bonds. The second-order valence-electron chi connectivity index (χ2n) is 19.2. The summed E-state index contributed by atoms with van der Waals surface area (Å²) in [7, 11) is 5.11. The van der Waals surface area contributed by atoms with Gasteiger partial charge in [0.2, 0.25) is 5.91 Å². The Morgan fingerprint density at radius 3 is 2.64 bits per heavy atom. The molecule has 11 atom stereocenters. The van der Waals surface area contributed by atoms with Crippen molar-refractivity contribution in [3.05, 3.63) is 35.4 Å². The summed E-state index contributed by atoms with van der Waals surface area (Å²) in [5.41, 5.74) is -0.938. The van der Waals surface area contributed by atoms with Crippen molar-refractivity contribution in [1.82, 2.24) is 16.0 Å². The van der Waals surface area contributed by atoms with Crippen molar-refractivity contribution in [1.29, 1.82) is 0 Å². The van der Waals surface area contributed by atoms with Gasteiger partial charge in [-0.3, -0.25) is 9.59 Å². The number of aliphatic hydroxyl groups is 3. The quantitative estimate of drug-likeness (QED) is 0.0864. The third-order valence-corrected chi connectivity index (χ3v) is 17.9. The molecule has 5 heterocycles. The summed E-state index contributed by atoms with van der Waals surface area (Å²) in [5, 5.41) is 54.3. The molecule has 0 spiro atoms. The summed E-state index contributed by atoms with van der Waals surface area (Å²) < 4.78 is 19.6. The predicted molar refractivity (Wildman–Crippen MR) is 236 cm³/mol. The fourth-order valence-corrected chi connectivity index (χ4v) is 14.6. The lowest BCUT2D eigenvalue weighted by molar-refractivity contribution is -0.180. The number of aliphatic hydroxyl groups excluding tert-OH is 2. The van der Waals surface area contributed by atoms with Crippen molar-refractivity contribution < 1.29 is 49.0 Å². The van der Waals surface area contributed by atoms with E-state index in [-0.39, 0.29) is 59.6 Å². The molecule has 7 aliphatic rings. The molecular weight excluding hydrogens is 819 g/mol. The van der Waals surface area contributed by atoms with E-state index < -0.39 is 46.8 Å². The number of nitrogens with one attached hydrogen (secondary N) is 3. The van der Waals surface area contributed by atoms with Crippen molar-refractivity contribution >= 4 is 39.4 Å². The molecule has 13 nitrogen and oxygen atoms in total. The molecule has 4 fully saturated rings. The summed E-state index contributed by atoms with van der Waals surface area (Å²) >= 11 is 0. The first kappa shape index (κ1) is 46.5. The molecule has 15 heteroatoms. The van der Waals surface area contributed by atoms with Gasteiger partial charge in [-0.1, -0.05) is 52.6 Å². The van der Waals surface area contributed by atoms with E-state index in [2.05, 4.69) is 28.1 Å². The monoisotopic (exact) mass is 887 g/mol. The van der Waals surface area contributed by atoms with Crippen LogP contribution in [0.4, 0.5) is 0 Å². The third-order valence-electron chi connectivity index (χ3n) is 14.9. The van der Waals surface area contributed by atoms with Crippen LogP contribution < -0.4 is 20.7 Å². The predicted octanol–water partition coefficient (Wildman–Crippen LogP) is 4.75. The number of hydrogen-bond donors (Lipinski definition) is 7. The normalized spacial score (nSPS) is 34.9. The summed E-state index contributed by atoms with van der Waals surface area (Å²) in [6.07, 6.45) is 10.7. The molecule has 8 rings (SSSR count). The second kappa shape index (κ2) is 20.1. The van der Waals surface area contributed by atoms with Crippen LogP contribution in [0.5, 0.6) is 11.5 Å². The molecule has 5 aliphatic heterocycles. The number of esters is 2. The Morgan fingerprint density at radius 1 is 1.08 bits per heavy atom. The van der Waals surface area contributed by atoms with Gasteiger partial charge in [0.05, 0.1) is 23.6 Å². The molecule has 340 valence electrons. The standard InChI is InChI=1S/C46H69N3O10S2/c1-28(51)58-36(30-13-16-44(2,56)27-60-61-37-11-8-31(23-30)41(54)40(37)47-3)24-38(59-43(55)46-15-5-4-6-33(46)9-12-39(53)49-46)45(17-19-48-20-18-45)25-32-7-10-35(52)42-34(32)22-29(14-21-50)26-57-42/h7-8,10-11,29-31,33,36-38,40-41,47-48,50,52,54,56H,4-6,9,12-27H2,1-3H3,(H,49,53)/t29-,30-,31+,33+,36+,37-,38-,40+,41-,44+,46+/m1/s1. The van der Waals surface area contributed by atoms with Gasteiger partial charge in [-0.15, -0.1) is 0 Å². The van der Waals surface area contributed by atoms with E-state index in [1.807, 2.05) is 20.0 Å². The van der Waals surface area contributed by atoms with Crippen LogP contribution in [0.3, 0.4) is 0 Å². The van der Waals surface area contributed by atoms with E-state index in [1.54, 1.807) is 27.7 Å². The molecule has 1 saturated carbocycles. The van der Waals surface area contributed by atoms with Gasteiger partial charge in [-0.05, 0) is 127 Å². The smallest absolute Gasteiger partial charge is 0.332 e. The highest BCUT2D eigenvalue weighted by molar-refractivity contribution is 8.77. The molecular formula is C46H69N3O10S2. The van der Waals surface area contributed by atoms with Crippen LogP contribution in [0.1, 0.15) is 108 Å². The fraction of sp³-hybridized carbons (Fsp3) is 0.761. The number of amides is 1. The van der Waals surface area contributed by atoms with Crippen LogP contribution in [0, 0.1) is 29.1 Å². The number of benzene rings is 1. The summed E-state index contributed by atoms with van der Waals surface area (Å²) in [6, 6.07) is 3.39. The zero-order valence-corrected chi connectivity index (χ0v) is 37.8. The molecule has 2 aliphatic carbocycles. The molecule has 1 aromatic rings. The van der Waals surface area contributed by atoms with E-state index in [4.69, 9.17) is 14.2 Å². The topological polar surface area (TPSA) is 196 Å². The van der Waals surface area contributed by atoms with Crippen LogP contribution in [-0.4, -0.2) is 118 Å². The van der Waals surface area contributed by atoms with Gasteiger partial charge >= 0.3 is 11.9 Å². The molecule has 0 unspecified atom stereocenters. The average Bonchev–Trinajstić information content (AvgIpc) is 3.23. The zero-order chi connectivity index (χ0) is 43.4. The molecule has 7 N–H and O–H groups in total. The van der Waals surface area contributed by atoms with Gasteiger partial charge in [-0.2, -0.15) is 0 Å². The van der Waals surface area contributed by atoms with Gasteiger partial charge in [0.15, 0.2) is 11.5 Å². The van der Waals surface area contributed by atoms with Gasteiger partial charge in [0, 0.05) is 55.1 Å². The highest BCUT2D eigenvalue weighted by Crippen LogP contribution is 2.49. The molecule has 0 radical (unpaired) electrons. The summed E-state index contributed by atoms with van der Waals surface area (Å²) in [5.74, 6) is -0.581. The van der Waals surface area contributed by atoms with Crippen LogP contribution in [0.15, 0.2) is 24.3 Å². The Balaban J connectivity index is 1.30. The summed E-state index contributed by atoms with van der Waals surface area (Å²) in [6.45, 7) is 5.00. The summed E-state index contributed by atoms with van der Waals surface area (Å²) in [4.78, 5) is 41.5. The van der Waals surface area contributed by atoms with E-state index >= 15 is 4.79 Å². The third kappa shape index (κ3) is 10.5. The van der Waals surface area contributed by atoms with E-state index in [1.165, 1.54) is 6.92 Å². The molecule has 1 aromatic carbocycles. The number of carbonyl (C=O) groups excluding carboxylic acids is 3. The molecule has 3 saturated heterocycles. The molecule has 61 heavy (non-hydrogen) atoms. The highest BCUT2D eigenvalue weighted by atomic mass is 33.1. The first-order valence-electron chi connectivity index (χ1n) is 22.8.